The molecule has 1 atom stereocenters. The summed E-state index contributed by atoms with van der Waals surface area (Å²) in [6, 6.07) is 6.48. The fourth-order valence-electron chi connectivity index (χ4n) is 3.29. The second-order valence-electron chi connectivity index (χ2n) is 6.42. The molecular weight excluding hydrogens is 289 g/mol. The van der Waals surface area contributed by atoms with E-state index in [1.54, 1.807) is 6.07 Å². The summed E-state index contributed by atoms with van der Waals surface area (Å²) in [5.74, 6) is 0.607. The van der Waals surface area contributed by atoms with Gasteiger partial charge in [0.1, 0.15) is 11.9 Å². The van der Waals surface area contributed by atoms with Crippen LogP contribution in [0.5, 0.6) is 0 Å². The molecule has 1 fully saturated rings. The third kappa shape index (κ3) is 3.22. The molecule has 4 heteroatoms. The zero-order valence-electron chi connectivity index (χ0n) is 12.4. The van der Waals surface area contributed by atoms with Gasteiger partial charge < -0.3 is 5.11 Å². The van der Waals surface area contributed by atoms with Crippen molar-refractivity contribution in [1.82, 2.24) is 0 Å². The molecule has 0 aromatic heterocycles. The number of aliphatic hydroxyl groups is 1. The minimum absolute atomic E-state index is 0.170. The lowest BCUT2D eigenvalue weighted by Gasteiger charge is -2.39. The van der Waals surface area contributed by atoms with E-state index >= 15 is 0 Å². The normalized spacial score (nSPS) is 27.4. The van der Waals surface area contributed by atoms with Crippen LogP contribution in [-0.4, -0.2) is 5.11 Å². The Labute approximate surface area is 130 Å². The second kappa shape index (κ2) is 6.34. The highest BCUT2D eigenvalue weighted by Gasteiger charge is 2.43. The Morgan fingerprint density at radius 3 is 2.48 bits per heavy atom. The molecule has 0 amide bonds. The van der Waals surface area contributed by atoms with Crippen LogP contribution in [0.3, 0.4) is 0 Å². The van der Waals surface area contributed by atoms with Gasteiger partial charge in [0.2, 0.25) is 0 Å². The summed E-state index contributed by atoms with van der Waals surface area (Å²) < 4.78 is 14.0. The molecule has 21 heavy (non-hydrogen) atoms. The first-order valence-corrected chi connectivity index (χ1v) is 7.81. The van der Waals surface area contributed by atoms with Crippen LogP contribution in [0.1, 0.15) is 51.2 Å². The first kappa shape index (κ1) is 16.3. The molecule has 1 aliphatic rings. The Balaban J connectivity index is 2.24. The summed E-state index contributed by atoms with van der Waals surface area (Å²) in [4.78, 5) is 0. The van der Waals surface area contributed by atoms with Crippen molar-refractivity contribution in [3.05, 3.63) is 34.6 Å². The maximum absolute atomic E-state index is 14.0. The predicted octanol–water partition coefficient (Wildman–Crippen LogP) is 4.87. The lowest BCUT2D eigenvalue weighted by molar-refractivity contribution is 0.0168. The molecule has 0 saturated heterocycles. The number of nitriles is 1. The minimum atomic E-state index is -1.10. The van der Waals surface area contributed by atoms with Crippen molar-refractivity contribution in [2.24, 2.45) is 17.3 Å². The van der Waals surface area contributed by atoms with Crippen LogP contribution in [0.25, 0.3) is 0 Å². The fourth-order valence-corrected chi connectivity index (χ4v) is 3.45. The van der Waals surface area contributed by atoms with Crippen LogP contribution in [0.2, 0.25) is 5.02 Å². The van der Waals surface area contributed by atoms with E-state index in [4.69, 9.17) is 11.6 Å². The smallest absolute Gasteiger partial charge is 0.130 e. The van der Waals surface area contributed by atoms with Crippen LogP contribution in [0, 0.1) is 34.4 Å². The van der Waals surface area contributed by atoms with E-state index in [0.29, 0.717) is 24.7 Å². The van der Waals surface area contributed by atoms with E-state index in [2.05, 4.69) is 19.9 Å². The molecule has 1 aromatic carbocycles. The largest absolute Gasteiger partial charge is 0.387 e. The van der Waals surface area contributed by atoms with E-state index in [-0.39, 0.29) is 10.6 Å². The SMILES string of the molecule is CC(C)C1CCC(C#N)(C(O)c2ccc(Cl)cc2F)CC1. The molecule has 1 aromatic rings. The first-order valence-electron chi connectivity index (χ1n) is 7.44. The molecule has 2 rings (SSSR count). The molecule has 1 aliphatic carbocycles. The highest BCUT2D eigenvalue weighted by molar-refractivity contribution is 6.30. The first-order chi connectivity index (χ1) is 9.89. The van der Waals surface area contributed by atoms with Crippen molar-refractivity contribution < 1.29 is 9.50 Å². The lowest BCUT2D eigenvalue weighted by atomic mass is 9.65. The van der Waals surface area contributed by atoms with Crippen molar-refractivity contribution in [1.29, 1.82) is 5.26 Å². The Bertz CT molecular complexity index is 544. The van der Waals surface area contributed by atoms with Gasteiger partial charge in [-0.3, -0.25) is 0 Å². The van der Waals surface area contributed by atoms with Gasteiger partial charge in [-0.2, -0.15) is 5.26 Å². The molecule has 1 unspecified atom stereocenters. The van der Waals surface area contributed by atoms with Gasteiger partial charge in [-0.05, 0) is 49.7 Å². The van der Waals surface area contributed by atoms with Gasteiger partial charge >= 0.3 is 0 Å². The number of benzene rings is 1. The summed E-state index contributed by atoms with van der Waals surface area (Å²) in [5, 5.41) is 20.5. The predicted molar refractivity (Wildman–Crippen MR) is 81.2 cm³/mol. The number of hydrogen-bond acceptors (Lipinski definition) is 2. The molecule has 0 radical (unpaired) electrons. The Kier molecular flexibility index (Phi) is 4.91. The van der Waals surface area contributed by atoms with Crippen molar-refractivity contribution in [3.8, 4) is 6.07 Å². The van der Waals surface area contributed by atoms with E-state index in [0.717, 1.165) is 12.8 Å². The number of rotatable bonds is 3. The summed E-state index contributed by atoms with van der Waals surface area (Å²) in [7, 11) is 0. The molecule has 1 N–H and O–H groups in total. The Morgan fingerprint density at radius 1 is 1.38 bits per heavy atom. The fraction of sp³-hybridized carbons (Fsp3) is 0.588. The van der Waals surface area contributed by atoms with Crippen molar-refractivity contribution in [2.75, 3.05) is 0 Å². The average Bonchev–Trinajstić information content (AvgIpc) is 2.46. The summed E-state index contributed by atoms with van der Waals surface area (Å²) in [5.41, 5.74) is -0.719. The molecule has 0 spiro atoms. The van der Waals surface area contributed by atoms with E-state index in [1.165, 1.54) is 12.1 Å². The van der Waals surface area contributed by atoms with Crippen LogP contribution in [0.4, 0.5) is 4.39 Å². The monoisotopic (exact) mass is 309 g/mol. The van der Waals surface area contributed by atoms with E-state index in [9.17, 15) is 14.8 Å². The average molecular weight is 310 g/mol. The molecule has 114 valence electrons. The zero-order chi connectivity index (χ0) is 15.6. The van der Waals surface area contributed by atoms with Crippen LogP contribution < -0.4 is 0 Å². The quantitative estimate of drug-likeness (QED) is 0.865. The van der Waals surface area contributed by atoms with Crippen LogP contribution in [-0.2, 0) is 0 Å². The van der Waals surface area contributed by atoms with Gasteiger partial charge in [0.15, 0.2) is 0 Å². The minimum Gasteiger partial charge on any atom is -0.387 e. The molecule has 0 bridgehead atoms. The second-order valence-corrected chi connectivity index (χ2v) is 6.85. The Morgan fingerprint density at radius 2 is 2.00 bits per heavy atom. The summed E-state index contributed by atoms with van der Waals surface area (Å²) >= 11 is 5.74. The zero-order valence-corrected chi connectivity index (χ0v) is 13.2. The summed E-state index contributed by atoms with van der Waals surface area (Å²) in [6.07, 6.45) is 1.91. The number of aliphatic hydroxyl groups excluding tert-OH is 1. The topological polar surface area (TPSA) is 44.0 Å². The third-order valence-corrected chi connectivity index (χ3v) is 5.10. The highest BCUT2D eigenvalue weighted by Crippen LogP contribution is 2.49. The van der Waals surface area contributed by atoms with Gasteiger partial charge in [0.05, 0.1) is 11.5 Å². The lowest BCUT2D eigenvalue weighted by Crippen LogP contribution is -2.34. The number of halogens is 2. The van der Waals surface area contributed by atoms with Gasteiger partial charge in [-0.15, -0.1) is 0 Å². The van der Waals surface area contributed by atoms with Gasteiger partial charge in [-0.25, -0.2) is 4.39 Å². The van der Waals surface area contributed by atoms with Crippen LogP contribution in [0.15, 0.2) is 18.2 Å². The Hall–Kier alpha value is -1.11. The third-order valence-electron chi connectivity index (χ3n) is 4.87. The highest BCUT2D eigenvalue weighted by atomic mass is 35.5. The van der Waals surface area contributed by atoms with Crippen molar-refractivity contribution >= 4 is 11.6 Å². The standard InChI is InChI=1S/C17H21ClFNO/c1-11(2)12-5-7-17(10-20,8-6-12)16(21)14-4-3-13(18)9-15(14)19/h3-4,9,11-12,16,21H,5-8H2,1-2H3. The molecule has 2 nitrogen and oxygen atoms in total. The maximum Gasteiger partial charge on any atom is 0.130 e. The van der Waals surface area contributed by atoms with Crippen LogP contribution >= 0.6 is 11.6 Å². The summed E-state index contributed by atoms with van der Waals surface area (Å²) in [6.45, 7) is 4.36. The molecule has 0 heterocycles. The maximum atomic E-state index is 14.0. The molecule has 1 saturated carbocycles. The number of hydrogen-bond donors (Lipinski definition) is 1. The van der Waals surface area contributed by atoms with Crippen molar-refractivity contribution in [3.63, 3.8) is 0 Å². The van der Waals surface area contributed by atoms with E-state index in [1.807, 2.05) is 0 Å². The van der Waals surface area contributed by atoms with Gasteiger partial charge in [0, 0.05) is 10.6 Å². The van der Waals surface area contributed by atoms with E-state index < -0.39 is 17.3 Å². The molecule has 0 aliphatic heterocycles. The van der Waals surface area contributed by atoms with Crippen molar-refractivity contribution in [2.45, 2.75) is 45.6 Å². The molecular formula is C17H21ClFNO. The number of nitrogens with zero attached hydrogens (tertiary/aromatic N) is 1. The van der Waals surface area contributed by atoms with Gasteiger partial charge in [0.25, 0.3) is 0 Å². The van der Waals surface area contributed by atoms with Gasteiger partial charge in [-0.1, -0.05) is 31.5 Å².